The number of nitrogens with one attached hydrogen (secondary N) is 1. The number of carbonyl (C=O) groups is 2. The Bertz CT molecular complexity index is 1080. The predicted octanol–water partition coefficient (Wildman–Crippen LogP) is 4.30. The number of rotatable bonds is 6. The average Bonchev–Trinajstić information content (AvgIpc) is 3.28. The van der Waals surface area contributed by atoms with Crippen molar-refractivity contribution < 1.29 is 14.3 Å². The van der Waals surface area contributed by atoms with E-state index in [1.165, 1.54) is 17.8 Å². The molecule has 0 saturated carbocycles. The van der Waals surface area contributed by atoms with Gasteiger partial charge >= 0.3 is 0 Å². The maximum Gasteiger partial charge on any atom is 0.286 e. The maximum atomic E-state index is 12.7. The van der Waals surface area contributed by atoms with Crippen molar-refractivity contribution in [1.82, 2.24) is 15.1 Å². The van der Waals surface area contributed by atoms with Gasteiger partial charge in [0, 0.05) is 24.3 Å². The summed E-state index contributed by atoms with van der Waals surface area (Å²) in [5.41, 5.74) is 2.16. The Kier molecular flexibility index (Phi) is 6.57. The minimum atomic E-state index is -0.359. The Labute approximate surface area is 185 Å². The van der Waals surface area contributed by atoms with Crippen LogP contribution in [0.15, 0.2) is 48.5 Å². The molecule has 1 fully saturated rings. The number of hydrogen-bond acceptors (Lipinski definition) is 6. The van der Waals surface area contributed by atoms with Gasteiger partial charge in [-0.1, -0.05) is 35.6 Å². The number of likely N-dealkylation sites (tertiary alicyclic amines) is 1. The van der Waals surface area contributed by atoms with E-state index in [1.807, 2.05) is 36.1 Å². The first kappa shape index (κ1) is 21.0. The van der Waals surface area contributed by atoms with Crippen molar-refractivity contribution in [2.45, 2.75) is 32.8 Å². The van der Waals surface area contributed by atoms with E-state index in [2.05, 4.69) is 15.5 Å². The summed E-state index contributed by atoms with van der Waals surface area (Å²) >= 11 is 1.18. The van der Waals surface area contributed by atoms with Gasteiger partial charge in [-0.2, -0.15) is 0 Å². The molecular formula is C23H24N4O3S. The Hall–Kier alpha value is -3.26. The summed E-state index contributed by atoms with van der Waals surface area (Å²) in [6, 6.07) is 14.7. The summed E-state index contributed by atoms with van der Waals surface area (Å²) in [4.78, 5) is 27.2. The van der Waals surface area contributed by atoms with E-state index in [1.54, 1.807) is 24.3 Å². The van der Waals surface area contributed by atoms with Crippen molar-refractivity contribution in [3.8, 4) is 5.75 Å². The second kappa shape index (κ2) is 9.70. The largest absolute Gasteiger partial charge is 0.486 e. The number of aryl methyl sites for hydroxylation is 1. The quantitative estimate of drug-likeness (QED) is 0.623. The number of hydrogen-bond donors (Lipinski definition) is 1. The van der Waals surface area contributed by atoms with Crippen molar-refractivity contribution in [2.75, 3.05) is 18.4 Å². The molecule has 0 atom stereocenters. The summed E-state index contributed by atoms with van der Waals surface area (Å²) in [7, 11) is 0. The van der Waals surface area contributed by atoms with Gasteiger partial charge in [-0.05, 0) is 56.0 Å². The number of piperidine rings is 1. The molecule has 1 aromatic heterocycles. The van der Waals surface area contributed by atoms with Crippen LogP contribution in [-0.4, -0.2) is 40.0 Å². The molecule has 1 aliphatic rings. The smallest absolute Gasteiger partial charge is 0.286 e. The first-order valence-corrected chi connectivity index (χ1v) is 11.1. The number of nitrogens with zero attached hydrogens (tertiary/aromatic N) is 3. The normalized spacial score (nSPS) is 13.6. The number of ether oxygens (including phenoxy) is 1. The van der Waals surface area contributed by atoms with Crippen molar-refractivity contribution in [1.29, 1.82) is 0 Å². The lowest BCUT2D eigenvalue weighted by atomic mass is 10.1. The minimum Gasteiger partial charge on any atom is -0.486 e. The van der Waals surface area contributed by atoms with Crippen LogP contribution in [0.1, 0.15) is 50.0 Å². The van der Waals surface area contributed by atoms with E-state index in [-0.39, 0.29) is 23.4 Å². The lowest BCUT2D eigenvalue weighted by Gasteiger charge is -2.26. The van der Waals surface area contributed by atoms with Gasteiger partial charge in [0.1, 0.15) is 12.4 Å². The maximum absolute atomic E-state index is 12.7. The highest BCUT2D eigenvalue weighted by molar-refractivity contribution is 7.13. The second-order valence-corrected chi connectivity index (χ2v) is 8.50. The number of anilines is 1. The lowest BCUT2D eigenvalue weighted by Crippen LogP contribution is -2.35. The third-order valence-corrected chi connectivity index (χ3v) is 6.01. The molecule has 1 saturated heterocycles. The zero-order valence-corrected chi connectivity index (χ0v) is 18.2. The van der Waals surface area contributed by atoms with Gasteiger partial charge in [0.15, 0.2) is 5.01 Å². The SMILES string of the molecule is Cc1ccccc1OCc1nnc(C(=O)Nc2cccc(C(=O)N3CCCCC3)c2)s1. The molecule has 1 aliphatic heterocycles. The molecular weight excluding hydrogens is 412 g/mol. The van der Waals surface area contributed by atoms with Crippen LogP contribution in [0.2, 0.25) is 0 Å². The molecule has 2 amide bonds. The van der Waals surface area contributed by atoms with Crippen molar-refractivity contribution >= 4 is 28.8 Å². The monoisotopic (exact) mass is 436 g/mol. The van der Waals surface area contributed by atoms with Crippen LogP contribution in [0.25, 0.3) is 0 Å². The number of benzene rings is 2. The van der Waals surface area contributed by atoms with Gasteiger partial charge in [0.2, 0.25) is 5.01 Å². The number of carbonyl (C=O) groups excluding carboxylic acids is 2. The topological polar surface area (TPSA) is 84.4 Å². The summed E-state index contributed by atoms with van der Waals surface area (Å²) in [6.07, 6.45) is 3.24. The predicted molar refractivity (Wildman–Crippen MR) is 120 cm³/mol. The molecule has 8 heteroatoms. The Morgan fingerprint density at radius 2 is 1.87 bits per heavy atom. The van der Waals surface area contributed by atoms with Gasteiger partial charge in [0.05, 0.1) is 0 Å². The van der Waals surface area contributed by atoms with E-state index in [4.69, 9.17) is 4.74 Å². The van der Waals surface area contributed by atoms with E-state index in [9.17, 15) is 9.59 Å². The number of para-hydroxylation sites is 1. The molecule has 31 heavy (non-hydrogen) atoms. The average molecular weight is 437 g/mol. The highest BCUT2D eigenvalue weighted by Gasteiger charge is 2.19. The molecule has 2 aromatic carbocycles. The molecule has 7 nitrogen and oxygen atoms in total. The zero-order chi connectivity index (χ0) is 21.6. The second-order valence-electron chi connectivity index (χ2n) is 7.44. The summed E-state index contributed by atoms with van der Waals surface area (Å²) < 4.78 is 5.77. The molecule has 2 heterocycles. The molecule has 0 unspecified atom stereocenters. The van der Waals surface area contributed by atoms with Gasteiger partial charge in [-0.3, -0.25) is 9.59 Å². The van der Waals surface area contributed by atoms with Crippen LogP contribution in [-0.2, 0) is 6.61 Å². The number of amides is 2. The lowest BCUT2D eigenvalue weighted by molar-refractivity contribution is 0.0724. The molecule has 0 radical (unpaired) electrons. The molecule has 0 aliphatic carbocycles. The standard InChI is InChI=1S/C23H24N4O3S/c1-16-8-3-4-11-19(16)30-15-20-25-26-22(31-20)21(28)24-18-10-7-9-17(14-18)23(29)27-12-5-2-6-13-27/h3-4,7-11,14H,2,5-6,12-13,15H2,1H3,(H,24,28). The summed E-state index contributed by atoms with van der Waals surface area (Å²) in [6.45, 7) is 3.79. The van der Waals surface area contributed by atoms with Gasteiger partial charge in [-0.15, -0.1) is 10.2 Å². The van der Waals surface area contributed by atoms with Crippen LogP contribution in [0, 0.1) is 6.92 Å². The zero-order valence-electron chi connectivity index (χ0n) is 17.3. The minimum absolute atomic E-state index is 0.00218. The fraction of sp³-hybridized carbons (Fsp3) is 0.304. The van der Waals surface area contributed by atoms with Crippen LogP contribution in [0.5, 0.6) is 5.75 Å². The first-order chi connectivity index (χ1) is 15.1. The fourth-order valence-corrected chi connectivity index (χ4v) is 4.10. The van der Waals surface area contributed by atoms with Crippen LogP contribution in [0.4, 0.5) is 5.69 Å². The highest BCUT2D eigenvalue weighted by Crippen LogP contribution is 2.20. The van der Waals surface area contributed by atoms with E-state index >= 15 is 0 Å². The van der Waals surface area contributed by atoms with Crippen LogP contribution < -0.4 is 10.1 Å². The summed E-state index contributed by atoms with van der Waals surface area (Å²) in [5, 5.41) is 11.7. The fourth-order valence-electron chi connectivity index (χ4n) is 3.46. The van der Waals surface area contributed by atoms with E-state index in [0.29, 0.717) is 16.3 Å². The third kappa shape index (κ3) is 5.27. The molecule has 0 bridgehead atoms. The number of aromatic nitrogens is 2. The molecule has 1 N–H and O–H groups in total. The van der Waals surface area contributed by atoms with Crippen molar-refractivity contribution in [3.05, 3.63) is 69.7 Å². The van der Waals surface area contributed by atoms with Gasteiger partial charge < -0.3 is 15.0 Å². The van der Waals surface area contributed by atoms with Gasteiger partial charge in [0.25, 0.3) is 11.8 Å². The summed E-state index contributed by atoms with van der Waals surface area (Å²) in [5.74, 6) is 0.420. The van der Waals surface area contributed by atoms with Gasteiger partial charge in [-0.25, -0.2) is 0 Å². The molecule has 3 aromatic rings. The molecule has 160 valence electrons. The van der Waals surface area contributed by atoms with E-state index in [0.717, 1.165) is 37.2 Å². The third-order valence-electron chi connectivity index (χ3n) is 5.12. The van der Waals surface area contributed by atoms with E-state index < -0.39 is 0 Å². The molecule has 0 spiro atoms. The first-order valence-electron chi connectivity index (χ1n) is 10.3. The Balaban J connectivity index is 1.37. The van der Waals surface area contributed by atoms with Crippen molar-refractivity contribution in [3.63, 3.8) is 0 Å². The Morgan fingerprint density at radius 1 is 1.06 bits per heavy atom. The Morgan fingerprint density at radius 3 is 2.68 bits per heavy atom. The highest BCUT2D eigenvalue weighted by atomic mass is 32.1. The van der Waals surface area contributed by atoms with Crippen LogP contribution >= 0.6 is 11.3 Å². The van der Waals surface area contributed by atoms with Crippen LogP contribution in [0.3, 0.4) is 0 Å². The van der Waals surface area contributed by atoms with Crippen molar-refractivity contribution in [2.24, 2.45) is 0 Å². The molecule has 4 rings (SSSR count).